The predicted molar refractivity (Wildman–Crippen MR) is 33.3 cm³/mol. The highest BCUT2D eigenvalue weighted by Crippen LogP contribution is 1.96. The fourth-order valence-electron chi connectivity index (χ4n) is 0.836. The summed E-state index contributed by atoms with van der Waals surface area (Å²) in [7, 11) is 0. The van der Waals surface area contributed by atoms with Gasteiger partial charge in [-0.15, -0.1) is 5.10 Å². The van der Waals surface area contributed by atoms with Crippen molar-refractivity contribution in [2.75, 3.05) is 0 Å². The van der Waals surface area contributed by atoms with Gasteiger partial charge in [0, 0.05) is 0 Å². The van der Waals surface area contributed by atoms with Gasteiger partial charge >= 0.3 is 0 Å². The van der Waals surface area contributed by atoms with Gasteiger partial charge in [-0.1, -0.05) is 0 Å². The fraction of sp³-hybridized carbons (Fsp3) is 0. The molecule has 0 unspecified atom stereocenters. The zero-order chi connectivity index (χ0) is 6.97. The summed E-state index contributed by atoms with van der Waals surface area (Å²) in [5.41, 5.74) is 0.314. The smallest absolute Gasteiger partial charge is 0.265 e. The Morgan fingerprint density at radius 3 is 3.30 bits per heavy atom. The molecule has 0 aliphatic rings. The second-order valence-electron chi connectivity index (χ2n) is 1.94. The SMILES string of the molecule is O=c1[nH]ncc2c[nH+][nH]c12. The van der Waals surface area contributed by atoms with Crippen LogP contribution in [0.5, 0.6) is 0 Å². The maximum absolute atomic E-state index is 10.9. The van der Waals surface area contributed by atoms with E-state index >= 15 is 0 Å². The van der Waals surface area contributed by atoms with Crippen molar-refractivity contribution in [1.82, 2.24) is 15.3 Å². The minimum Gasteiger partial charge on any atom is -0.265 e. The van der Waals surface area contributed by atoms with E-state index in [9.17, 15) is 4.79 Å². The summed E-state index contributed by atoms with van der Waals surface area (Å²) >= 11 is 0. The molecule has 2 aromatic rings. The molecule has 5 heteroatoms. The van der Waals surface area contributed by atoms with E-state index in [0.717, 1.165) is 5.39 Å². The molecule has 0 bridgehead atoms. The molecule has 2 rings (SSSR count). The maximum Gasteiger partial charge on any atom is 0.294 e. The molecule has 0 aromatic carbocycles. The molecule has 10 heavy (non-hydrogen) atoms. The van der Waals surface area contributed by atoms with Crippen molar-refractivity contribution in [1.29, 1.82) is 0 Å². The van der Waals surface area contributed by atoms with Crippen LogP contribution in [-0.4, -0.2) is 15.3 Å². The van der Waals surface area contributed by atoms with E-state index < -0.39 is 0 Å². The van der Waals surface area contributed by atoms with Crippen molar-refractivity contribution in [2.45, 2.75) is 0 Å². The molecule has 0 saturated carbocycles. The standard InChI is InChI=1S/C5H4N4O/c10-5-4-3(1-6-8-4)2-7-9-5/h1-2H,(H,6,8)(H,9,10)/p+1. The van der Waals surface area contributed by atoms with Gasteiger partial charge in [0.15, 0.2) is 5.52 Å². The van der Waals surface area contributed by atoms with Crippen LogP contribution in [0.4, 0.5) is 0 Å². The summed E-state index contributed by atoms with van der Waals surface area (Å²) in [6.07, 6.45) is 3.25. The van der Waals surface area contributed by atoms with Crippen molar-refractivity contribution in [2.24, 2.45) is 0 Å². The van der Waals surface area contributed by atoms with Gasteiger partial charge in [-0.3, -0.25) is 4.79 Å². The van der Waals surface area contributed by atoms with E-state index in [1.807, 2.05) is 0 Å². The minimum absolute atomic E-state index is 0.209. The van der Waals surface area contributed by atoms with E-state index in [2.05, 4.69) is 20.4 Å². The lowest BCUT2D eigenvalue weighted by atomic mass is 10.4. The average Bonchev–Trinajstić information content (AvgIpc) is 2.36. The molecule has 5 nitrogen and oxygen atoms in total. The highest BCUT2D eigenvalue weighted by molar-refractivity contribution is 5.73. The van der Waals surface area contributed by atoms with E-state index in [4.69, 9.17) is 0 Å². The first kappa shape index (κ1) is 5.16. The van der Waals surface area contributed by atoms with Crippen LogP contribution in [0.3, 0.4) is 0 Å². The van der Waals surface area contributed by atoms with Gasteiger partial charge in [-0.2, -0.15) is 10.2 Å². The largest absolute Gasteiger partial charge is 0.294 e. The second-order valence-corrected chi connectivity index (χ2v) is 1.94. The molecular formula is C5H5N4O+. The molecule has 0 atom stereocenters. The van der Waals surface area contributed by atoms with E-state index in [0.29, 0.717) is 5.52 Å². The van der Waals surface area contributed by atoms with Crippen LogP contribution >= 0.6 is 0 Å². The molecule has 0 radical (unpaired) electrons. The van der Waals surface area contributed by atoms with Crippen LogP contribution in [0, 0.1) is 0 Å². The Hall–Kier alpha value is -1.65. The number of H-pyrrole nitrogens is 3. The Kier molecular flexibility index (Phi) is 0.858. The number of aromatic nitrogens is 4. The number of aromatic amines is 3. The van der Waals surface area contributed by atoms with Crippen LogP contribution in [0.1, 0.15) is 0 Å². The molecule has 0 aliphatic carbocycles. The Morgan fingerprint density at radius 2 is 2.50 bits per heavy atom. The Bertz CT molecular complexity index is 401. The number of rotatable bonds is 0. The Labute approximate surface area is 55.1 Å². The van der Waals surface area contributed by atoms with Gasteiger partial charge in [0.25, 0.3) is 5.56 Å². The van der Waals surface area contributed by atoms with Gasteiger partial charge in [-0.25, -0.2) is 5.10 Å². The van der Waals surface area contributed by atoms with Crippen LogP contribution < -0.4 is 10.7 Å². The van der Waals surface area contributed by atoms with Crippen LogP contribution in [-0.2, 0) is 0 Å². The van der Waals surface area contributed by atoms with Crippen molar-refractivity contribution >= 4 is 10.9 Å². The molecule has 0 fully saturated rings. The fourth-order valence-corrected chi connectivity index (χ4v) is 0.836. The summed E-state index contributed by atoms with van der Waals surface area (Å²) in [6.45, 7) is 0. The van der Waals surface area contributed by atoms with Crippen molar-refractivity contribution in [3.63, 3.8) is 0 Å². The molecule has 0 aliphatic heterocycles. The molecular weight excluding hydrogens is 132 g/mol. The molecule has 3 N–H and O–H groups in total. The van der Waals surface area contributed by atoms with Crippen molar-refractivity contribution < 1.29 is 5.10 Å². The van der Waals surface area contributed by atoms with Crippen molar-refractivity contribution in [3.8, 4) is 0 Å². The van der Waals surface area contributed by atoms with Crippen LogP contribution in [0.2, 0.25) is 0 Å². The van der Waals surface area contributed by atoms with E-state index in [1.54, 1.807) is 12.4 Å². The molecule has 2 aromatic heterocycles. The lowest BCUT2D eigenvalue weighted by molar-refractivity contribution is -0.446. The van der Waals surface area contributed by atoms with E-state index in [-0.39, 0.29) is 5.56 Å². The summed E-state index contributed by atoms with van der Waals surface area (Å²) in [5, 5.41) is 12.1. The third-order valence-corrected chi connectivity index (χ3v) is 1.31. The summed E-state index contributed by atoms with van der Waals surface area (Å²) < 4.78 is 0. The van der Waals surface area contributed by atoms with Gasteiger partial charge in [0.05, 0.1) is 11.6 Å². The Balaban J connectivity index is 3.09. The highest BCUT2D eigenvalue weighted by Gasteiger charge is 2.01. The predicted octanol–water partition coefficient (Wildman–Crippen LogP) is -0.935. The summed E-state index contributed by atoms with van der Waals surface area (Å²) in [6, 6.07) is 0. The first-order valence-electron chi connectivity index (χ1n) is 2.80. The average molecular weight is 137 g/mol. The summed E-state index contributed by atoms with van der Waals surface area (Å²) in [4.78, 5) is 10.9. The molecule has 50 valence electrons. The topological polar surface area (TPSA) is 75.7 Å². The lowest BCUT2D eigenvalue weighted by Crippen LogP contribution is -2.08. The quantitative estimate of drug-likeness (QED) is 0.492. The van der Waals surface area contributed by atoms with Crippen molar-refractivity contribution in [3.05, 3.63) is 22.7 Å². The number of hydrogen-bond donors (Lipinski definition) is 2. The maximum atomic E-state index is 10.9. The van der Waals surface area contributed by atoms with Gasteiger partial charge in [-0.05, 0) is 0 Å². The number of hydrogen-bond acceptors (Lipinski definition) is 2. The van der Waals surface area contributed by atoms with Gasteiger partial charge in [0.2, 0.25) is 6.20 Å². The third-order valence-electron chi connectivity index (χ3n) is 1.31. The third kappa shape index (κ3) is 0.540. The molecule has 0 spiro atoms. The molecule has 0 amide bonds. The lowest BCUT2D eigenvalue weighted by Gasteiger charge is -1.78. The first-order valence-corrected chi connectivity index (χ1v) is 2.80. The molecule has 0 saturated heterocycles. The number of nitrogens with zero attached hydrogens (tertiary/aromatic N) is 1. The monoisotopic (exact) mass is 137 g/mol. The minimum atomic E-state index is -0.209. The summed E-state index contributed by atoms with van der Waals surface area (Å²) in [5.74, 6) is 0. The van der Waals surface area contributed by atoms with Gasteiger partial charge < -0.3 is 0 Å². The van der Waals surface area contributed by atoms with E-state index in [1.165, 1.54) is 0 Å². The number of nitrogens with one attached hydrogen (secondary N) is 3. The normalized spacial score (nSPS) is 10.4. The zero-order valence-electron chi connectivity index (χ0n) is 5.01. The molecule has 2 heterocycles. The van der Waals surface area contributed by atoms with Crippen LogP contribution in [0.15, 0.2) is 17.2 Å². The number of fused-ring (bicyclic) bond motifs is 1. The zero-order valence-corrected chi connectivity index (χ0v) is 5.01. The second kappa shape index (κ2) is 1.66. The highest BCUT2D eigenvalue weighted by atomic mass is 16.1. The van der Waals surface area contributed by atoms with Gasteiger partial charge in [0.1, 0.15) is 0 Å². The Morgan fingerprint density at radius 1 is 1.60 bits per heavy atom. The van der Waals surface area contributed by atoms with Crippen LogP contribution in [0.25, 0.3) is 10.9 Å². The first-order chi connectivity index (χ1) is 4.88.